The van der Waals surface area contributed by atoms with Gasteiger partial charge in [-0.2, -0.15) is 0 Å². The van der Waals surface area contributed by atoms with Crippen LogP contribution in [0.5, 0.6) is 5.75 Å². The second-order valence-electron chi connectivity index (χ2n) is 5.79. The van der Waals surface area contributed by atoms with Gasteiger partial charge in [0.1, 0.15) is 18.2 Å². The maximum Gasteiger partial charge on any atom is 0.220 e. The van der Waals surface area contributed by atoms with E-state index in [0.29, 0.717) is 31.7 Å². The van der Waals surface area contributed by atoms with Crippen molar-refractivity contribution in [1.29, 1.82) is 0 Å². The van der Waals surface area contributed by atoms with Gasteiger partial charge < -0.3 is 10.1 Å². The Morgan fingerprint density at radius 1 is 0.960 bits per heavy atom. The number of rotatable bonds is 7. The maximum atomic E-state index is 12.8. The monoisotopic (exact) mass is 337 g/mol. The Morgan fingerprint density at radius 2 is 1.72 bits per heavy atom. The molecule has 0 saturated carbocycles. The third-order valence-electron chi connectivity index (χ3n) is 4.01. The van der Waals surface area contributed by atoms with E-state index < -0.39 is 0 Å². The van der Waals surface area contributed by atoms with Crippen LogP contribution in [0.1, 0.15) is 12.0 Å². The molecule has 0 fully saturated rings. The van der Waals surface area contributed by atoms with Crippen LogP contribution >= 0.6 is 0 Å². The fourth-order valence-electron chi connectivity index (χ4n) is 2.74. The zero-order valence-electron chi connectivity index (χ0n) is 13.9. The van der Waals surface area contributed by atoms with Gasteiger partial charge in [-0.05, 0) is 47.0 Å². The molecule has 0 heterocycles. The Hall–Kier alpha value is -2.88. The SMILES string of the molecule is O=C(CCc1cccc2ccccc12)NCCOc1ccc(F)cc1. The van der Waals surface area contributed by atoms with Gasteiger partial charge in [0.2, 0.25) is 5.91 Å². The molecule has 0 aliphatic heterocycles. The average Bonchev–Trinajstić information content (AvgIpc) is 2.65. The number of nitrogens with one attached hydrogen (secondary N) is 1. The molecule has 1 N–H and O–H groups in total. The van der Waals surface area contributed by atoms with Gasteiger partial charge in [-0.15, -0.1) is 0 Å². The molecule has 0 aromatic heterocycles. The van der Waals surface area contributed by atoms with E-state index in [9.17, 15) is 9.18 Å². The predicted molar refractivity (Wildman–Crippen MR) is 97.2 cm³/mol. The lowest BCUT2D eigenvalue weighted by Crippen LogP contribution is -2.28. The summed E-state index contributed by atoms with van der Waals surface area (Å²) in [5, 5.41) is 5.22. The molecule has 25 heavy (non-hydrogen) atoms. The molecule has 3 aromatic rings. The summed E-state index contributed by atoms with van der Waals surface area (Å²) in [4.78, 5) is 12.0. The molecule has 3 aromatic carbocycles. The number of fused-ring (bicyclic) bond motifs is 1. The molecule has 128 valence electrons. The number of hydrogen-bond donors (Lipinski definition) is 1. The highest BCUT2D eigenvalue weighted by molar-refractivity contribution is 5.86. The van der Waals surface area contributed by atoms with Crippen molar-refractivity contribution in [1.82, 2.24) is 5.32 Å². The molecule has 3 rings (SSSR count). The Kier molecular flexibility index (Phi) is 5.62. The van der Waals surface area contributed by atoms with Crippen LogP contribution in [0.3, 0.4) is 0 Å². The Balaban J connectivity index is 1.42. The predicted octanol–water partition coefficient (Wildman–Crippen LogP) is 4.11. The van der Waals surface area contributed by atoms with E-state index in [1.54, 1.807) is 12.1 Å². The Morgan fingerprint density at radius 3 is 2.56 bits per heavy atom. The number of carbonyl (C=O) groups is 1. The van der Waals surface area contributed by atoms with Crippen LogP contribution in [0.2, 0.25) is 0 Å². The molecule has 0 unspecified atom stereocenters. The molecule has 0 saturated heterocycles. The molecule has 0 bridgehead atoms. The Bertz CT molecular complexity index is 841. The van der Waals surface area contributed by atoms with Crippen LogP contribution in [0.25, 0.3) is 10.8 Å². The fraction of sp³-hybridized carbons (Fsp3) is 0.190. The van der Waals surface area contributed by atoms with Gasteiger partial charge in [0.25, 0.3) is 0 Å². The molecular weight excluding hydrogens is 317 g/mol. The number of aryl methyl sites for hydroxylation is 1. The number of carbonyl (C=O) groups excluding carboxylic acids is 1. The van der Waals surface area contributed by atoms with Gasteiger partial charge >= 0.3 is 0 Å². The van der Waals surface area contributed by atoms with E-state index in [1.807, 2.05) is 18.2 Å². The van der Waals surface area contributed by atoms with Crippen LogP contribution < -0.4 is 10.1 Å². The molecular formula is C21H20FNO2. The van der Waals surface area contributed by atoms with E-state index in [4.69, 9.17) is 4.74 Å². The first-order chi connectivity index (χ1) is 12.2. The summed E-state index contributed by atoms with van der Waals surface area (Å²) in [6, 6.07) is 20.2. The quantitative estimate of drug-likeness (QED) is 0.659. The van der Waals surface area contributed by atoms with Gasteiger partial charge in [-0.3, -0.25) is 4.79 Å². The highest BCUT2D eigenvalue weighted by Crippen LogP contribution is 2.19. The summed E-state index contributed by atoms with van der Waals surface area (Å²) in [5.41, 5.74) is 1.18. The molecule has 0 atom stereocenters. The van der Waals surface area contributed by atoms with Gasteiger partial charge in [-0.25, -0.2) is 4.39 Å². The summed E-state index contributed by atoms with van der Waals surface area (Å²) in [6.45, 7) is 0.775. The molecule has 0 spiro atoms. The second kappa shape index (κ2) is 8.29. The van der Waals surface area contributed by atoms with Crippen molar-refractivity contribution < 1.29 is 13.9 Å². The zero-order valence-corrected chi connectivity index (χ0v) is 13.9. The lowest BCUT2D eigenvalue weighted by molar-refractivity contribution is -0.121. The minimum absolute atomic E-state index is 0.00404. The van der Waals surface area contributed by atoms with Crippen LogP contribution in [0, 0.1) is 5.82 Å². The second-order valence-corrected chi connectivity index (χ2v) is 5.79. The number of hydrogen-bond acceptors (Lipinski definition) is 2. The van der Waals surface area contributed by atoms with E-state index in [2.05, 4.69) is 29.6 Å². The largest absolute Gasteiger partial charge is 0.492 e. The van der Waals surface area contributed by atoms with Crippen molar-refractivity contribution >= 4 is 16.7 Å². The molecule has 4 heteroatoms. The number of amides is 1. The van der Waals surface area contributed by atoms with E-state index in [0.717, 1.165) is 0 Å². The van der Waals surface area contributed by atoms with Crippen molar-refractivity contribution in [2.45, 2.75) is 12.8 Å². The highest BCUT2D eigenvalue weighted by atomic mass is 19.1. The smallest absolute Gasteiger partial charge is 0.220 e. The standard InChI is InChI=1S/C21H20FNO2/c22-18-9-11-19(12-10-18)25-15-14-23-21(24)13-8-17-6-3-5-16-4-1-2-7-20(16)17/h1-7,9-12H,8,13-15H2,(H,23,24). The maximum absolute atomic E-state index is 12.8. The van der Waals surface area contributed by atoms with E-state index in [-0.39, 0.29) is 11.7 Å². The molecule has 3 nitrogen and oxygen atoms in total. The normalized spacial score (nSPS) is 10.6. The van der Waals surface area contributed by atoms with Crippen molar-refractivity contribution in [2.24, 2.45) is 0 Å². The van der Waals surface area contributed by atoms with Crippen LogP contribution in [0.15, 0.2) is 66.7 Å². The lowest BCUT2D eigenvalue weighted by atomic mass is 10.0. The summed E-state index contributed by atoms with van der Waals surface area (Å²) in [5.74, 6) is 0.288. The Labute approximate surface area is 146 Å². The van der Waals surface area contributed by atoms with Gasteiger partial charge in [0.15, 0.2) is 0 Å². The first-order valence-corrected chi connectivity index (χ1v) is 8.34. The van der Waals surface area contributed by atoms with E-state index in [1.165, 1.54) is 28.5 Å². The number of benzene rings is 3. The minimum Gasteiger partial charge on any atom is -0.492 e. The molecule has 1 amide bonds. The summed E-state index contributed by atoms with van der Waals surface area (Å²) in [6.07, 6.45) is 1.14. The highest BCUT2D eigenvalue weighted by Gasteiger charge is 2.05. The summed E-state index contributed by atoms with van der Waals surface area (Å²) >= 11 is 0. The molecule has 0 aliphatic rings. The third kappa shape index (κ3) is 4.80. The van der Waals surface area contributed by atoms with Gasteiger partial charge in [0, 0.05) is 6.42 Å². The van der Waals surface area contributed by atoms with Gasteiger partial charge in [0.05, 0.1) is 6.54 Å². The third-order valence-corrected chi connectivity index (χ3v) is 4.01. The minimum atomic E-state index is -0.297. The fourth-order valence-corrected chi connectivity index (χ4v) is 2.74. The number of halogens is 1. The number of ether oxygens (including phenoxy) is 1. The topological polar surface area (TPSA) is 38.3 Å². The summed E-state index contributed by atoms with van der Waals surface area (Å²) in [7, 11) is 0. The van der Waals surface area contributed by atoms with Gasteiger partial charge in [-0.1, -0.05) is 42.5 Å². The van der Waals surface area contributed by atoms with Crippen molar-refractivity contribution in [3.63, 3.8) is 0 Å². The van der Waals surface area contributed by atoms with Crippen LogP contribution in [0.4, 0.5) is 4.39 Å². The first-order valence-electron chi connectivity index (χ1n) is 8.34. The zero-order chi connectivity index (χ0) is 17.5. The molecule has 0 radical (unpaired) electrons. The van der Waals surface area contributed by atoms with Crippen molar-refractivity contribution in [2.75, 3.05) is 13.2 Å². The first kappa shape index (κ1) is 17.0. The summed E-state index contributed by atoms with van der Waals surface area (Å²) < 4.78 is 18.2. The lowest BCUT2D eigenvalue weighted by Gasteiger charge is -2.09. The average molecular weight is 337 g/mol. The van der Waals surface area contributed by atoms with Crippen molar-refractivity contribution in [3.05, 3.63) is 78.1 Å². The van der Waals surface area contributed by atoms with Crippen LogP contribution in [-0.2, 0) is 11.2 Å². The van der Waals surface area contributed by atoms with Crippen LogP contribution in [-0.4, -0.2) is 19.1 Å². The van der Waals surface area contributed by atoms with E-state index >= 15 is 0 Å². The molecule has 0 aliphatic carbocycles. The van der Waals surface area contributed by atoms with Crippen molar-refractivity contribution in [3.8, 4) is 5.75 Å².